The van der Waals surface area contributed by atoms with E-state index in [4.69, 9.17) is 0 Å². The summed E-state index contributed by atoms with van der Waals surface area (Å²) in [6.45, 7) is 2.14. The zero-order valence-electron chi connectivity index (χ0n) is 20.0. The molecule has 4 saturated heterocycles. The van der Waals surface area contributed by atoms with Gasteiger partial charge in [-0.2, -0.15) is 0 Å². The van der Waals surface area contributed by atoms with Gasteiger partial charge in [-0.1, -0.05) is 31.5 Å². The maximum absolute atomic E-state index is 13.4. The summed E-state index contributed by atoms with van der Waals surface area (Å²) in [7, 11) is 5.15. The number of rotatable bonds is 2. The van der Waals surface area contributed by atoms with Crippen molar-refractivity contribution in [3.63, 3.8) is 0 Å². The predicted molar refractivity (Wildman–Crippen MR) is 127 cm³/mol. The standard InChI is InChI=1S/C26H32N4O4/c1-5-12-13-10-16-21-26(14-8-6-7-9-15(14)27(21)2)11-17(18(13)22(26)31)30(16)20(12)19-23(32)28(3)25(34)29(4)24(19)33/h6-9,12-13,16-18,20-22,31-32H,5,10-11H2,1-4H3/t12-,13-,16+,17+,18+,20+,21+,22-,26-/m1/s1. The number of benzene rings is 1. The van der Waals surface area contributed by atoms with Crippen molar-refractivity contribution in [2.24, 2.45) is 31.8 Å². The summed E-state index contributed by atoms with van der Waals surface area (Å²) in [6, 6.07) is 8.68. The molecule has 8 rings (SSSR count). The summed E-state index contributed by atoms with van der Waals surface area (Å²) in [5.74, 6) is 0.350. The Morgan fingerprint density at radius 2 is 1.82 bits per heavy atom. The molecule has 1 unspecified atom stereocenters. The normalized spacial score (nSPS) is 42.9. The highest BCUT2D eigenvalue weighted by Crippen LogP contribution is 2.71. The van der Waals surface area contributed by atoms with Crippen molar-refractivity contribution in [2.45, 2.75) is 61.9 Å². The van der Waals surface area contributed by atoms with Crippen LogP contribution in [0.25, 0.3) is 0 Å². The molecule has 2 N–H and O–H groups in total. The fourth-order valence-electron chi connectivity index (χ4n) is 9.41. The molecule has 1 aromatic heterocycles. The summed E-state index contributed by atoms with van der Waals surface area (Å²) >= 11 is 0. The number of fused-ring (bicyclic) bond motifs is 2. The smallest absolute Gasteiger partial charge is 0.333 e. The van der Waals surface area contributed by atoms with Crippen LogP contribution in [0.2, 0.25) is 0 Å². The SMILES string of the molecule is CC[C@@H]1[C@H]2C[C@H]3[C@@H]4N(C)c5ccccc5[C@]45C[C@@H]([C@H]2[C@H]5O)N3[C@@H]1c1c(O)n(C)c(=O)n(C)c1=O. The number of aromatic hydroxyl groups is 1. The lowest BCUT2D eigenvalue weighted by atomic mass is 9.59. The van der Waals surface area contributed by atoms with Crippen molar-refractivity contribution < 1.29 is 10.2 Å². The molecule has 6 aliphatic rings. The third-order valence-electron chi connectivity index (χ3n) is 10.5. The van der Waals surface area contributed by atoms with E-state index in [1.54, 1.807) is 0 Å². The molecule has 0 amide bonds. The number of hydrogen-bond donors (Lipinski definition) is 2. The molecular weight excluding hydrogens is 432 g/mol. The van der Waals surface area contributed by atoms with Gasteiger partial charge in [0.2, 0.25) is 5.88 Å². The molecule has 1 spiro atoms. The number of para-hydroxylation sites is 1. The van der Waals surface area contributed by atoms with Gasteiger partial charge in [0.15, 0.2) is 0 Å². The summed E-state index contributed by atoms with van der Waals surface area (Å²) < 4.78 is 2.31. The van der Waals surface area contributed by atoms with Crippen LogP contribution in [-0.2, 0) is 19.5 Å². The first-order valence-corrected chi connectivity index (χ1v) is 12.5. The van der Waals surface area contributed by atoms with Crippen LogP contribution in [0.1, 0.15) is 43.4 Å². The topological polar surface area (TPSA) is 90.9 Å². The fourth-order valence-corrected chi connectivity index (χ4v) is 9.41. The van der Waals surface area contributed by atoms with Crippen LogP contribution in [0.5, 0.6) is 5.88 Å². The second-order valence-electron chi connectivity index (χ2n) is 11.3. The fraction of sp³-hybridized carbons (Fsp3) is 0.615. The van der Waals surface area contributed by atoms with Crippen molar-refractivity contribution >= 4 is 5.69 Å². The van der Waals surface area contributed by atoms with Crippen LogP contribution in [0, 0.1) is 17.8 Å². The summed E-state index contributed by atoms with van der Waals surface area (Å²) in [5, 5.41) is 23.1. The zero-order valence-corrected chi connectivity index (χ0v) is 20.0. The first-order valence-electron chi connectivity index (χ1n) is 12.5. The largest absolute Gasteiger partial charge is 0.494 e. The summed E-state index contributed by atoms with van der Waals surface area (Å²) in [5.41, 5.74) is 1.59. The molecule has 5 aliphatic heterocycles. The molecule has 8 heteroatoms. The van der Waals surface area contributed by atoms with Gasteiger partial charge in [0.25, 0.3) is 5.56 Å². The van der Waals surface area contributed by atoms with Gasteiger partial charge in [-0.05, 0) is 36.3 Å². The molecule has 0 radical (unpaired) electrons. The van der Waals surface area contributed by atoms with E-state index in [0.717, 1.165) is 23.8 Å². The molecule has 5 fully saturated rings. The first-order chi connectivity index (χ1) is 16.3. The van der Waals surface area contributed by atoms with Crippen molar-refractivity contribution in [2.75, 3.05) is 11.9 Å². The molecule has 1 aliphatic carbocycles. The van der Waals surface area contributed by atoms with E-state index in [1.807, 2.05) is 0 Å². The third-order valence-corrected chi connectivity index (χ3v) is 10.5. The minimum Gasteiger partial charge on any atom is -0.494 e. The second kappa shape index (κ2) is 6.34. The Morgan fingerprint density at radius 1 is 1.09 bits per heavy atom. The summed E-state index contributed by atoms with van der Waals surface area (Å²) in [4.78, 5) is 30.8. The van der Waals surface area contributed by atoms with Crippen molar-refractivity contribution in [1.29, 1.82) is 0 Å². The molecule has 1 saturated carbocycles. The summed E-state index contributed by atoms with van der Waals surface area (Å²) in [6.07, 6.45) is 2.27. The highest BCUT2D eigenvalue weighted by molar-refractivity contribution is 5.67. The number of aromatic nitrogens is 2. The minimum atomic E-state index is -0.516. The molecule has 8 nitrogen and oxygen atoms in total. The number of piperidine rings is 4. The molecular formula is C26H32N4O4. The Bertz CT molecular complexity index is 1350. The number of hydrogen-bond acceptors (Lipinski definition) is 6. The van der Waals surface area contributed by atoms with Crippen molar-refractivity contribution in [3.05, 3.63) is 56.2 Å². The Kier molecular flexibility index (Phi) is 3.87. The van der Waals surface area contributed by atoms with Crippen LogP contribution in [0.15, 0.2) is 33.9 Å². The van der Waals surface area contributed by atoms with Crippen LogP contribution in [0.4, 0.5) is 5.69 Å². The highest BCUT2D eigenvalue weighted by atomic mass is 16.3. The van der Waals surface area contributed by atoms with E-state index < -0.39 is 17.4 Å². The first kappa shape index (κ1) is 20.8. The molecule has 34 heavy (non-hydrogen) atoms. The van der Waals surface area contributed by atoms with Gasteiger partial charge >= 0.3 is 5.69 Å². The lowest BCUT2D eigenvalue weighted by molar-refractivity contribution is -0.143. The number of aliphatic hydroxyl groups is 1. The van der Waals surface area contributed by atoms with Crippen LogP contribution in [-0.4, -0.2) is 55.5 Å². The van der Waals surface area contributed by atoms with Crippen molar-refractivity contribution in [3.8, 4) is 5.88 Å². The quantitative estimate of drug-likeness (QED) is 0.691. The van der Waals surface area contributed by atoms with Gasteiger partial charge in [0, 0.05) is 56.3 Å². The van der Waals surface area contributed by atoms with Gasteiger partial charge < -0.3 is 15.1 Å². The Balaban J connectivity index is 1.47. The molecule has 1 aromatic carbocycles. The number of anilines is 1. The van der Waals surface area contributed by atoms with Crippen LogP contribution >= 0.6 is 0 Å². The number of nitrogens with zero attached hydrogens (tertiary/aromatic N) is 4. The van der Waals surface area contributed by atoms with E-state index in [-0.39, 0.29) is 53.2 Å². The van der Waals surface area contributed by atoms with Gasteiger partial charge in [-0.15, -0.1) is 0 Å². The van der Waals surface area contributed by atoms with E-state index in [0.29, 0.717) is 5.56 Å². The number of likely N-dealkylation sites (N-methyl/N-ethyl adjacent to an activating group) is 1. The lowest BCUT2D eigenvalue weighted by Gasteiger charge is -2.64. The molecule has 10 atom stereocenters. The predicted octanol–water partition coefficient (Wildman–Crippen LogP) is 1.08. The Labute approximate surface area is 198 Å². The highest BCUT2D eigenvalue weighted by Gasteiger charge is 2.76. The minimum absolute atomic E-state index is 0.116. The van der Waals surface area contributed by atoms with Gasteiger partial charge in [-0.3, -0.25) is 18.8 Å². The van der Waals surface area contributed by atoms with Crippen LogP contribution in [0.3, 0.4) is 0 Å². The maximum atomic E-state index is 13.4. The molecule has 5 bridgehead atoms. The average Bonchev–Trinajstić information content (AvgIpc) is 3.23. The van der Waals surface area contributed by atoms with Crippen molar-refractivity contribution in [1.82, 2.24) is 14.0 Å². The Morgan fingerprint density at radius 3 is 2.56 bits per heavy atom. The van der Waals surface area contributed by atoms with Gasteiger partial charge in [-0.25, -0.2) is 4.79 Å². The zero-order chi connectivity index (χ0) is 23.8. The van der Waals surface area contributed by atoms with Crippen LogP contribution < -0.4 is 16.1 Å². The third kappa shape index (κ3) is 1.98. The average molecular weight is 465 g/mol. The second-order valence-corrected chi connectivity index (χ2v) is 11.3. The Hall–Kier alpha value is -2.58. The van der Waals surface area contributed by atoms with E-state index in [2.05, 4.69) is 48.0 Å². The van der Waals surface area contributed by atoms with E-state index in [9.17, 15) is 19.8 Å². The van der Waals surface area contributed by atoms with Gasteiger partial charge in [0.1, 0.15) is 0 Å². The van der Waals surface area contributed by atoms with Gasteiger partial charge in [0.05, 0.1) is 17.7 Å². The monoisotopic (exact) mass is 464 g/mol. The molecule has 6 heterocycles. The maximum Gasteiger partial charge on any atom is 0.333 e. The lowest BCUT2D eigenvalue weighted by Crippen LogP contribution is -2.70. The molecule has 180 valence electrons. The van der Waals surface area contributed by atoms with E-state index in [1.165, 1.54) is 29.9 Å². The van der Waals surface area contributed by atoms with E-state index >= 15 is 0 Å². The molecule has 2 aromatic rings. The number of aliphatic hydroxyl groups excluding tert-OH is 1.